The average Bonchev–Trinajstić information content (AvgIpc) is 2.91. The largest absolute Gasteiger partial charge is 0.347 e. The summed E-state index contributed by atoms with van der Waals surface area (Å²) in [5.74, 6) is 0.570. The Morgan fingerprint density at radius 2 is 2.39 bits per heavy atom. The number of amides is 1. The van der Waals surface area contributed by atoms with Crippen LogP contribution in [0.25, 0.3) is 6.08 Å². The molecule has 0 aliphatic rings. The first kappa shape index (κ1) is 12.0. The predicted octanol–water partition coefficient (Wildman–Crippen LogP) is 1.70. The number of hydrogen-bond acceptors (Lipinski definition) is 3. The highest BCUT2D eigenvalue weighted by Crippen LogP contribution is 2.05. The minimum Gasteiger partial charge on any atom is -0.347 e. The molecular weight excluding hydrogens is 228 g/mol. The molecule has 5 heteroatoms. The van der Waals surface area contributed by atoms with E-state index in [0.717, 1.165) is 11.4 Å². The van der Waals surface area contributed by atoms with Crippen LogP contribution in [0.3, 0.4) is 0 Å². The van der Waals surface area contributed by atoms with E-state index in [0.29, 0.717) is 0 Å². The number of carbonyl (C=O) groups excluding carboxylic acids is 1. The highest BCUT2D eigenvalue weighted by molar-refractivity contribution is 5.91. The van der Waals surface area contributed by atoms with Crippen LogP contribution in [-0.2, 0) is 4.79 Å². The number of hydrogen-bond donors (Lipinski definition) is 2. The first-order chi connectivity index (χ1) is 8.75. The van der Waals surface area contributed by atoms with Crippen molar-refractivity contribution in [3.63, 3.8) is 0 Å². The third kappa shape index (κ3) is 3.28. The fourth-order valence-corrected chi connectivity index (χ4v) is 1.49. The van der Waals surface area contributed by atoms with E-state index < -0.39 is 0 Å². The smallest absolute Gasteiger partial charge is 0.244 e. The Hall–Kier alpha value is -2.43. The van der Waals surface area contributed by atoms with Crippen molar-refractivity contribution in [3.8, 4) is 0 Å². The lowest BCUT2D eigenvalue weighted by Crippen LogP contribution is -2.25. The van der Waals surface area contributed by atoms with Gasteiger partial charge in [-0.25, -0.2) is 4.98 Å². The number of aromatic amines is 1. The molecule has 0 spiro atoms. The number of nitrogens with zero attached hydrogens (tertiary/aromatic N) is 2. The van der Waals surface area contributed by atoms with Crippen LogP contribution in [0.4, 0.5) is 0 Å². The van der Waals surface area contributed by atoms with Crippen LogP contribution < -0.4 is 5.32 Å². The van der Waals surface area contributed by atoms with Gasteiger partial charge in [-0.05, 0) is 24.6 Å². The number of imidazole rings is 1. The molecule has 1 amide bonds. The summed E-state index contributed by atoms with van der Waals surface area (Å²) in [6.07, 6.45) is 9.97. The van der Waals surface area contributed by atoms with Crippen LogP contribution in [0.1, 0.15) is 24.4 Å². The molecule has 18 heavy (non-hydrogen) atoms. The molecule has 2 N–H and O–H groups in total. The molecule has 2 aromatic heterocycles. The molecule has 1 atom stereocenters. The van der Waals surface area contributed by atoms with E-state index in [2.05, 4.69) is 20.3 Å². The molecule has 0 aromatic carbocycles. The highest BCUT2D eigenvalue weighted by Gasteiger charge is 2.08. The number of pyridine rings is 1. The van der Waals surface area contributed by atoms with Crippen molar-refractivity contribution in [1.29, 1.82) is 0 Å². The maximum absolute atomic E-state index is 11.7. The van der Waals surface area contributed by atoms with Gasteiger partial charge >= 0.3 is 0 Å². The molecule has 1 unspecified atom stereocenters. The Kier molecular flexibility index (Phi) is 3.86. The molecule has 0 saturated carbocycles. The monoisotopic (exact) mass is 242 g/mol. The van der Waals surface area contributed by atoms with Crippen LogP contribution >= 0.6 is 0 Å². The van der Waals surface area contributed by atoms with Crippen LogP contribution in [0.2, 0.25) is 0 Å². The third-order valence-electron chi connectivity index (χ3n) is 2.40. The Morgan fingerprint density at radius 3 is 3.06 bits per heavy atom. The molecular formula is C13H14N4O. The van der Waals surface area contributed by atoms with Gasteiger partial charge in [-0.1, -0.05) is 6.07 Å². The summed E-state index contributed by atoms with van der Waals surface area (Å²) in [6, 6.07) is 3.56. The summed E-state index contributed by atoms with van der Waals surface area (Å²) in [5, 5.41) is 2.81. The van der Waals surface area contributed by atoms with Crippen LogP contribution in [-0.4, -0.2) is 20.9 Å². The number of aromatic nitrogens is 3. The Balaban J connectivity index is 1.91. The molecule has 2 heterocycles. The van der Waals surface area contributed by atoms with E-state index in [9.17, 15) is 4.79 Å². The maximum atomic E-state index is 11.7. The molecule has 0 fully saturated rings. The second-order valence-electron chi connectivity index (χ2n) is 3.82. The molecule has 2 aromatic rings. The molecule has 5 nitrogen and oxygen atoms in total. The van der Waals surface area contributed by atoms with Gasteiger partial charge in [0.2, 0.25) is 5.91 Å². The van der Waals surface area contributed by atoms with E-state index in [1.165, 1.54) is 6.08 Å². The van der Waals surface area contributed by atoms with E-state index >= 15 is 0 Å². The van der Waals surface area contributed by atoms with E-state index in [1.807, 2.05) is 19.1 Å². The summed E-state index contributed by atoms with van der Waals surface area (Å²) in [4.78, 5) is 22.7. The number of rotatable bonds is 4. The Labute approximate surface area is 105 Å². The van der Waals surface area contributed by atoms with Gasteiger partial charge in [0.1, 0.15) is 5.82 Å². The molecule has 2 rings (SSSR count). The van der Waals surface area contributed by atoms with Gasteiger partial charge in [-0.2, -0.15) is 0 Å². The van der Waals surface area contributed by atoms with Gasteiger partial charge in [-0.15, -0.1) is 0 Å². The summed E-state index contributed by atoms with van der Waals surface area (Å²) >= 11 is 0. The van der Waals surface area contributed by atoms with Crippen LogP contribution in [0.15, 0.2) is 43.0 Å². The maximum Gasteiger partial charge on any atom is 0.244 e. The normalized spacial score (nSPS) is 12.5. The van der Waals surface area contributed by atoms with E-state index in [-0.39, 0.29) is 11.9 Å². The van der Waals surface area contributed by atoms with E-state index in [1.54, 1.807) is 30.9 Å². The Bertz CT molecular complexity index is 519. The molecule has 0 saturated heterocycles. The lowest BCUT2D eigenvalue weighted by Gasteiger charge is -2.08. The number of H-pyrrole nitrogens is 1. The molecule has 0 radical (unpaired) electrons. The highest BCUT2D eigenvalue weighted by atomic mass is 16.1. The molecule has 0 aliphatic heterocycles. The summed E-state index contributed by atoms with van der Waals surface area (Å²) in [5.41, 5.74) is 0.887. The van der Waals surface area contributed by atoms with Crippen molar-refractivity contribution in [2.75, 3.05) is 0 Å². The predicted molar refractivity (Wildman–Crippen MR) is 68.4 cm³/mol. The average molecular weight is 242 g/mol. The lowest BCUT2D eigenvalue weighted by atomic mass is 10.2. The Morgan fingerprint density at radius 1 is 1.50 bits per heavy atom. The fourth-order valence-electron chi connectivity index (χ4n) is 1.49. The minimum absolute atomic E-state index is 0.147. The fraction of sp³-hybridized carbons (Fsp3) is 0.154. The zero-order valence-corrected chi connectivity index (χ0v) is 10.00. The number of nitrogens with one attached hydrogen (secondary N) is 2. The third-order valence-corrected chi connectivity index (χ3v) is 2.40. The lowest BCUT2D eigenvalue weighted by molar-refractivity contribution is -0.117. The van der Waals surface area contributed by atoms with Gasteiger partial charge < -0.3 is 10.3 Å². The van der Waals surface area contributed by atoms with Gasteiger partial charge in [-0.3, -0.25) is 9.78 Å². The molecule has 0 bridgehead atoms. The zero-order chi connectivity index (χ0) is 12.8. The zero-order valence-electron chi connectivity index (χ0n) is 10.00. The van der Waals surface area contributed by atoms with Crippen LogP contribution in [0.5, 0.6) is 0 Å². The SMILES string of the molecule is CC(NC(=O)/C=C/c1cccnc1)c1ncc[nH]1. The van der Waals surface area contributed by atoms with Gasteiger partial charge in [0.05, 0.1) is 6.04 Å². The first-order valence-electron chi connectivity index (χ1n) is 5.63. The quantitative estimate of drug-likeness (QED) is 0.801. The first-order valence-corrected chi connectivity index (χ1v) is 5.63. The number of carbonyl (C=O) groups is 1. The van der Waals surface area contributed by atoms with Gasteiger partial charge in [0.25, 0.3) is 0 Å². The van der Waals surface area contributed by atoms with Crippen LogP contribution in [0, 0.1) is 0 Å². The van der Waals surface area contributed by atoms with Crippen molar-refractivity contribution in [2.24, 2.45) is 0 Å². The van der Waals surface area contributed by atoms with Gasteiger partial charge in [0.15, 0.2) is 0 Å². The standard InChI is InChI=1S/C13H14N4O/c1-10(13-15-7-8-16-13)17-12(18)5-4-11-3-2-6-14-9-11/h2-10H,1H3,(H,15,16)(H,17,18)/b5-4+. The summed E-state index contributed by atoms with van der Waals surface area (Å²) in [7, 11) is 0. The summed E-state index contributed by atoms with van der Waals surface area (Å²) in [6.45, 7) is 1.87. The minimum atomic E-state index is -0.164. The summed E-state index contributed by atoms with van der Waals surface area (Å²) < 4.78 is 0. The van der Waals surface area contributed by atoms with E-state index in [4.69, 9.17) is 0 Å². The molecule has 92 valence electrons. The van der Waals surface area contributed by atoms with Crippen molar-refractivity contribution >= 4 is 12.0 Å². The second kappa shape index (κ2) is 5.77. The molecule has 0 aliphatic carbocycles. The topological polar surface area (TPSA) is 70.7 Å². The second-order valence-corrected chi connectivity index (χ2v) is 3.82. The van der Waals surface area contributed by atoms with Crippen molar-refractivity contribution < 1.29 is 4.79 Å². The van der Waals surface area contributed by atoms with Crippen molar-refractivity contribution in [2.45, 2.75) is 13.0 Å². The van der Waals surface area contributed by atoms with Crippen molar-refractivity contribution in [3.05, 3.63) is 54.4 Å². The van der Waals surface area contributed by atoms with Gasteiger partial charge in [0, 0.05) is 30.9 Å². The van der Waals surface area contributed by atoms with Crippen molar-refractivity contribution in [1.82, 2.24) is 20.3 Å².